The van der Waals surface area contributed by atoms with Crippen molar-refractivity contribution in [1.82, 2.24) is 4.98 Å². The van der Waals surface area contributed by atoms with Crippen molar-refractivity contribution in [2.75, 3.05) is 6.61 Å². The highest BCUT2D eigenvalue weighted by molar-refractivity contribution is 5.91. The fourth-order valence-corrected chi connectivity index (χ4v) is 2.00. The first-order valence-electron chi connectivity index (χ1n) is 6.91. The maximum absolute atomic E-state index is 11.2. The Labute approximate surface area is 114 Å². The van der Waals surface area contributed by atoms with Gasteiger partial charge in [0.2, 0.25) is 5.88 Å². The van der Waals surface area contributed by atoms with Crippen LogP contribution in [-0.2, 0) is 0 Å². The zero-order valence-electron chi connectivity index (χ0n) is 12.0. The Morgan fingerprint density at radius 2 is 2.21 bits per heavy atom. The molecule has 1 aromatic heterocycles. The third kappa shape index (κ3) is 4.54. The molecular weight excluding hydrogens is 242 g/mol. The summed E-state index contributed by atoms with van der Waals surface area (Å²) in [5, 5.41) is 9.19. The maximum Gasteiger partial charge on any atom is 0.341 e. The molecule has 0 aliphatic carbocycles. The minimum atomic E-state index is -0.984. The van der Waals surface area contributed by atoms with Gasteiger partial charge in [0.05, 0.1) is 6.61 Å². The molecule has 0 spiro atoms. The second-order valence-electron chi connectivity index (χ2n) is 4.84. The third-order valence-electron chi connectivity index (χ3n) is 3.34. The Morgan fingerprint density at radius 1 is 1.47 bits per heavy atom. The third-order valence-corrected chi connectivity index (χ3v) is 3.34. The van der Waals surface area contributed by atoms with E-state index in [0.29, 0.717) is 18.1 Å². The summed E-state index contributed by atoms with van der Waals surface area (Å²) in [7, 11) is 0. The summed E-state index contributed by atoms with van der Waals surface area (Å²) < 4.78 is 5.64. The second kappa shape index (κ2) is 7.77. The van der Waals surface area contributed by atoms with Crippen LogP contribution < -0.4 is 4.74 Å². The van der Waals surface area contributed by atoms with Gasteiger partial charge in [-0.25, -0.2) is 9.78 Å². The summed E-state index contributed by atoms with van der Waals surface area (Å²) in [6, 6.07) is 1.69. The van der Waals surface area contributed by atoms with Crippen molar-refractivity contribution in [1.29, 1.82) is 0 Å². The van der Waals surface area contributed by atoms with Crippen molar-refractivity contribution in [2.24, 2.45) is 5.92 Å². The number of carboxylic acid groups (broad SMARTS) is 1. The molecule has 1 unspecified atom stereocenters. The van der Waals surface area contributed by atoms with E-state index in [2.05, 4.69) is 18.8 Å². The summed E-state index contributed by atoms with van der Waals surface area (Å²) >= 11 is 0. The average Bonchev–Trinajstić information content (AvgIpc) is 2.38. The summed E-state index contributed by atoms with van der Waals surface area (Å²) in [6.45, 7) is 6.59. The van der Waals surface area contributed by atoms with E-state index in [1.54, 1.807) is 19.2 Å². The van der Waals surface area contributed by atoms with Gasteiger partial charge in [-0.15, -0.1) is 0 Å². The van der Waals surface area contributed by atoms with Crippen LogP contribution in [0, 0.1) is 12.8 Å². The molecule has 4 nitrogen and oxygen atoms in total. The first-order valence-corrected chi connectivity index (χ1v) is 6.91. The van der Waals surface area contributed by atoms with Gasteiger partial charge in [-0.2, -0.15) is 0 Å². The fourth-order valence-electron chi connectivity index (χ4n) is 2.00. The average molecular weight is 265 g/mol. The Bertz CT molecular complexity index is 418. The number of carboxylic acids is 1. The first kappa shape index (κ1) is 15.5. The van der Waals surface area contributed by atoms with Gasteiger partial charge in [-0.3, -0.25) is 0 Å². The number of ether oxygens (including phenoxy) is 1. The Hall–Kier alpha value is -1.58. The molecule has 0 fully saturated rings. The number of carbonyl (C=O) groups is 1. The SMILES string of the molecule is CCCCC(CC)COc1nccc(C)c1C(=O)O. The molecule has 0 saturated carbocycles. The monoisotopic (exact) mass is 265 g/mol. The minimum absolute atomic E-state index is 0.174. The van der Waals surface area contributed by atoms with Crippen LogP contribution in [-0.4, -0.2) is 22.7 Å². The standard InChI is InChI=1S/C15H23NO3/c1-4-6-7-12(5-2)10-19-14-13(15(17)18)11(3)8-9-16-14/h8-9,12H,4-7,10H2,1-3H3,(H,17,18). The Kier molecular flexibility index (Phi) is 6.33. The highest BCUT2D eigenvalue weighted by Crippen LogP contribution is 2.21. The highest BCUT2D eigenvalue weighted by Gasteiger charge is 2.17. The van der Waals surface area contributed by atoms with Crippen LogP contribution >= 0.6 is 0 Å². The molecule has 0 radical (unpaired) electrons. The van der Waals surface area contributed by atoms with Crippen LogP contribution in [0.5, 0.6) is 5.88 Å². The quantitative estimate of drug-likeness (QED) is 0.778. The van der Waals surface area contributed by atoms with E-state index in [1.165, 1.54) is 12.8 Å². The molecule has 0 saturated heterocycles. The van der Waals surface area contributed by atoms with E-state index < -0.39 is 5.97 Å². The zero-order chi connectivity index (χ0) is 14.3. The molecule has 19 heavy (non-hydrogen) atoms. The van der Waals surface area contributed by atoms with Gasteiger partial charge in [0, 0.05) is 6.20 Å². The van der Waals surface area contributed by atoms with E-state index in [4.69, 9.17) is 4.74 Å². The predicted octanol–water partition coefficient (Wildman–Crippen LogP) is 3.68. The number of unbranched alkanes of at least 4 members (excludes halogenated alkanes) is 1. The Balaban J connectivity index is 2.71. The molecule has 1 rings (SSSR count). The molecule has 1 atom stereocenters. The highest BCUT2D eigenvalue weighted by atomic mass is 16.5. The summed E-state index contributed by atoms with van der Waals surface area (Å²) in [4.78, 5) is 15.3. The number of hydrogen-bond acceptors (Lipinski definition) is 3. The largest absolute Gasteiger partial charge is 0.477 e. The maximum atomic E-state index is 11.2. The lowest BCUT2D eigenvalue weighted by Gasteiger charge is -2.16. The van der Waals surface area contributed by atoms with Crippen LogP contribution in [0.15, 0.2) is 12.3 Å². The normalized spacial score (nSPS) is 12.2. The van der Waals surface area contributed by atoms with Crippen molar-refractivity contribution < 1.29 is 14.6 Å². The van der Waals surface area contributed by atoms with Crippen molar-refractivity contribution in [3.8, 4) is 5.88 Å². The molecule has 0 aromatic carbocycles. The van der Waals surface area contributed by atoms with Crippen LogP contribution in [0.25, 0.3) is 0 Å². The first-order chi connectivity index (χ1) is 9.10. The fraction of sp³-hybridized carbons (Fsp3) is 0.600. The molecule has 0 aliphatic heterocycles. The van der Waals surface area contributed by atoms with Crippen LogP contribution in [0.3, 0.4) is 0 Å². The zero-order valence-corrected chi connectivity index (χ0v) is 12.0. The van der Waals surface area contributed by atoms with E-state index in [1.807, 2.05) is 0 Å². The predicted molar refractivity (Wildman–Crippen MR) is 74.7 cm³/mol. The van der Waals surface area contributed by atoms with Gasteiger partial charge in [-0.1, -0.05) is 33.1 Å². The van der Waals surface area contributed by atoms with Gasteiger partial charge in [0.15, 0.2) is 0 Å². The van der Waals surface area contributed by atoms with Crippen molar-refractivity contribution >= 4 is 5.97 Å². The molecule has 0 bridgehead atoms. The molecule has 0 aliphatic rings. The molecule has 1 N–H and O–H groups in total. The molecule has 1 aromatic rings. The lowest BCUT2D eigenvalue weighted by atomic mass is 10.0. The smallest absolute Gasteiger partial charge is 0.341 e. The van der Waals surface area contributed by atoms with Gasteiger partial charge in [-0.05, 0) is 30.9 Å². The summed E-state index contributed by atoms with van der Waals surface area (Å²) in [6.07, 6.45) is 6.08. The van der Waals surface area contributed by atoms with Crippen LogP contribution in [0.4, 0.5) is 0 Å². The number of nitrogens with zero attached hydrogens (tertiary/aromatic N) is 1. The molecule has 4 heteroatoms. The van der Waals surface area contributed by atoms with Gasteiger partial charge < -0.3 is 9.84 Å². The number of hydrogen-bond donors (Lipinski definition) is 1. The lowest BCUT2D eigenvalue weighted by molar-refractivity contribution is 0.0689. The van der Waals surface area contributed by atoms with Crippen molar-refractivity contribution in [2.45, 2.75) is 46.5 Å². The molecule has 106 valence electrons. The topological polar surface area (TPSA) is 59.4 Å². The molecule has 0 amide bonds. The van der Waals surface area contributed by atoms with Crippen LogP contribution in [0.2, 0.25) is 0 Å². The van der Waals surface area contributed by atoms with Crippen molar-refractivity contribution in [3.63, 3.8) is 0 Å². The number of aryl methyl sites for hydroxylation is 1. The van der Waals surface area contributed by atoms with Crippen molar-refractivity contribution in [3.05, 3.63) is 23.4 Å². The Morgan fingerprint density at radius 3 is 2.79 bits per heavy atom. The number of rotatable bonds is 8. The summed E-state index contributed by atoms with van der Waals surface area (Å²) in [5.41, 5.74) is 0.854. The number of pyridine rings is 1. The van der Waals surface area contributed by atoms with E-state index in [-0.39, 0.29) is 11.4 Å². The van der Waals surface area contributed by atoms with E-state index in [0.717, 1.165) is 12.8 Å². The molecule has 1 heterocycles. The van der Waals surface area contributed by atoms with Gasteiger partial charge >= 0.3 is 5.97 Å². The number of aromatic nitrogens is 1. The lowest BCUT2D eigenvalue weighted by Crippen LogP contribution is -2.14. The van der Waals surface area contributed by atoms with E-state index in [9.17, 15) is 9.90 Å². The minimum Gasteiger partial charge on any atom is -0.477 e. The summed E-state index contributed by atoms with van der Waals surface area (Å²) in [5.74, 6) is -0.284. The van der Waals surface area contributed by atoms with E-state index >= 15 is 0 Å². The van der Waals surface area contributed by atoms with Gasteiger partial charge in [0.25, 0.3) is 0 Å². The number of aromatic carboxylic acids is 1. The van der Waals surface area contributed by atoms with Crippen LogP contribution in [0.1, 0.15) is 55.5 Å². The molecular formula is C15H23NO3. The second-order valence-corrected chi connectivity index (χ2v) is 4.84. The van der Waals surface area contributed by atoms with Gasteiger partial charge in [0.1, 0.15) is 5.56 Å².